The Hall–Kier alpha value is -2.66. The molecule has 1 atom stereocenters. The zero-order valence-electron chi connectivity index (χ0n) is 15.6. The maximum atomic E-state index is 12.9. The highest BCUT2D eigenvalue weighted by atomic mass is 16.2. The average Bonchev–Trinajstić information content (AvgIpc) is 3.45. The number of hydrogen-bond donors (Lipinski definition) is 1. The van der Waals surface area contributed by atoms with Crippen LogP contribution in [0.2, 0.25) is 0 Å². The first kappa shape index (κ1) is 16.5. The van der Waals surface area contributed by atoms with E-state index in [1.54, 1.807) is 0 Å². The quantitative estimate of drug-likeness (QED) is 0.778. The topological polar surface area (TPSA) is 50.2 Å². The molecule has 1 aromatic heterocycles. The molecule has 2 heterocycles. The molecule has 3 aromatic rings. The Bertz CT molecular complexity index is 1000. The lowest BCUT2D eigenvalue weighted by atomic mass is 9.93. The summed E-state index contributed by atoms with van der Waals surface area (Å²) in [5.41, 5.74) is 4.77. The van der Waals surface area contributed by atoms with Crippen LogP contribution < -0.4 is 5.32 Å². The zero-order valence-corrected chi connectivity index (χ0v) is 15.6. The number of fused-ring (bicyclic) bond motifs is 2. The second-order valence-electron chi connectivity index (χ2n) is 7.76. The Morgan fingerprint density at radius 1 is 1.11 bits per heavy atom. The van der Waals surface area contributed by atoms with Crippen LogP contribution in [0.5, 0.6) is 0 Å². The molecular weight excluding hydrogens is 336 g/mol. The summed E-state index contributed by atoms with van der Waals surface area (Å²) < 4.78 is 1.93. The van der Waals surface area contributed by atoms with Crippen LogP contribution in [0.25, 0.3) is 10.9 Å². The molecule has 0 saturated heterocycles. The van der Waals surface area contributed by atoms with Gasteiger partial charge in [0.15, 0.2) is 0 Å². The number of aryl methyl sites for hydroxylation is 1. The van der Waals surface area contributed by atoms with Gasteiger partial charge in [-0.1, -0.05) is 42.5 Å². The van der Waals surface area contributed by atoms with Crippen molar-refractivity contribution in [1.29, 1.82) is 0 Å². The van der Waals surface area contributed by atoms with E-state index in [-0.39, 0.29) is 11.9 Å². The van der Waals surface area contributed by atoms with Crippen molar-refractivity contribution in [2.75, 3.05) is 0 Å². The maximum Gasteiger partial charge on any atom is 0.237 e. The standard InChI is InChI=1S/C22H24N4O/c1-25-20-9-5-4-8-18(20)19(24-25)14-26-13-16-7-3-2-6-15(16)12-21(26)22(27)23-17-10-11-17/h2-9,17,21H,10-14H2,1H3,(H,23,27)/t21-/m0/s1. The number of amides is 1. The van der Waals surface area contributed by atoms with Gasteiger partial charge in [0.2, 0.25) is 5.91 Å². The van der Waals surface area contributed by atoms with Crippen molar-refractivity contribution in [3.8, 4) is 0 Å². The highest BCUT2D eigenvalue weighted by molar-refractivity contribution is 5.84. The van der Waals surface area contributed by atoms with Gasteiger partial charge in [-0.2, -0.15) is 5.10 Å². The second kappa shape index (κ2) is 6.50. The van der Waals surface area contributed by atoms with Crippen molar-refractivity contribution in [3.05, 3.63) is 65.4 Å². The minimum absolute atomic E-state index is 0.138. The van der Waals surface area contributed by atoms with Gasteiger partial charge in [0.05, 0.1) is 17.3 Å². The lowest BCUT2D eigenvalue weighted by molar-refractivity contribution is -0.127. The molecule has 5 rings (SSSR count). The number of carbonyl (C=O) groups excluding carboxylic acids is 1. The number of nitrogens with one attached hydrogen (secondary N) is 1. The molecule has 27 heavy (non-hydrogen) atoms. The monoisotopic (exact) mass is 360 g/mol. The Balaban J connectivity index is 1.48. The van der Waals surface area contributed by atoms with Gasteiger partial charge < -0.3 is 5.32 Å². The van der Waals surface area contributed by atoms with E-state index in [1.165, 1.54) is 16.5 Å². The molecule has 0 radical (unpaired) electrons. The molecule has 0 bridgehead atoms. The maximum absolute atomic E-state index is 12.9. The molecule has 2 aliphatic rings. The molecule has 0 spiro atoms. The summed E-state index contributed by atoms with van der Waals surface area (Å²) in [6, 6.07) is 17.0. The minimum Gasteiger partial charge on any atom is -0.352 e. The number of carbonyl (C=O) groups is 1. The number of nitrogens with zero attached hydrogens (tertiary/aromatic N) is 3. The average molecular weight is 360 g/mol. The first-order valence-electron chi connectivity index (χ1n) is 9.71. The molecule has 1 fully saturated rings. The van der Waals surface area contributed by atoms with Gasteiger partial charge in [-0.05, 0) is 36.5 Å². The van der Waals surface area contributed by atoms with Crippen LogP contribution in [0.15, 0.2) is 48.5 Å². The molecular formula is C22H24N4O. The third-order valence-corrected chi connectivity index (χ3v) is 5.76. The van der Waals surface area contributed by atoms with Gasteiger partial charge in [0, 0.05) is 31.6 Å². The number of rotatable bonds is 4. The molecule has 2 aromatic carbocycles. The van der Waals surface area contributed by atoms with Gasteiger partial charge in [-0.25, -0.2) is 0 Å². The van der Waals surface area contributed by atoms with Crippen LogP contribution in [0, 0.1) is 0 Å². The number of hydrogen-bond acceptors (Lipinski definition) is 3. The molecule has 1 N–H and O–H groups in total. The van der Waals surface area contributed by atoms with Crippen LogP contribution in [-0.2, 0) is 31.4 Å². The fourth-order valence-corrected chi connectivity index (χ4v) is 4.12. The van der Waals surface area contributed by atoms with Gasteiger partial charge in [-0.15, -0.1) is 0 Å². The first-order chi connectivity index (χ1) is 13.2. The lowest BCUT2D eigenvalue weighted by Crippen LogP contribution is -2.50. The molecule has 1 aliphatic carbocycles. The number of benzene rings is 2. The predicted octanol–water partition coefficient (Wildman–Crippen LogP) is 2.78. The van der Waals surface area contributed by atoms with E-state index in [9.17, 15) is 4.79 Å². The summed E-state index contributed by atoms with van der Waals surface area (Å²) in [6.45, 7) is 1.46. The van der Waals surface area contributed by atoms with Crippen molar-refractivity contribution in [2.24, 2.45) is 7.05 Å². The van der Waals surface area contributed by atoms with E-state index in [1.807, 2.05) is 17.8 Å². The summed E-state index contributed by atoms with van der Waals surface area (Å²) in [5, 5.41) is 9.12. The number of para-hydroxylation sites is 1. The van der Waals surface area contributed by atoms with Crippen LogP contribution in [0.4, 0.5) is 0 Å². The van der Waals surface area contributed by atoms with Gasteiger partial charge in [0.1, 0.15) is 0 Å². The molecule has 138 valence electrons. The van der Waals surface area contributed by atoms with Crippen molar-refractivity contribution in [3.63, 3.8) is 0 Å². The summed E-state index contributed by atoms with van der Waals surface area (Å²) in [7, 11) is 1.98. The van der Waals surface area contributed by atoms with Crippen molar-refractivity contribution in [1.82, 2.24) is 20.0 Å². The summed E-state index contributed by atoms with van der Waals surface area (Å²) >= 11 is 0. The van der Waals surface area contributed by atoms with Gasteiger partial charge >= 0.3 is 0 Å². The normalized spacial score (nSPS) is 19.8. The van der Waals surface area contributed by atoms with Crippen molar-refractivity contribution < 1.29 is 4.79 Å². The molecule has 1 saturated carbocycles. The van der Waals surface area contributed by atoms with E-state index >= 15 is 0 Å². The van der Waals surface area contributed by atoms with Gasteiger partial charge in [-0.3, -0.25) is 14.4 Å². The highest BCUT2D eigenvalue weighted by Gasteiger charge is 2.34. The molecule has 0 unspecified atom stereocenters. The zero-order chi connectivity index (χ0) is 18.4. The van der Waals surface area contributed by atoms with Crippen LogP contribution >= 0.6 is 0 Å². The van der Waals surface area contributed by atoms with Crippen molar-refractivity contribution >= 4 is 16.8 Å². The minimum atomic E-state index is -0.138. The van der Waals surface area contributed by atoms with E-state index in [2.05, 4.69) is 52.7 Å². The summed E-state index contributed by atoms with van der Waals surface area (Å²) in [4.78, 5) is 15.2. The first-order valence-corrected chi connectivity index (χ1v) is 9.71. The van der Waals surface area contributed by atoms with E-state index in [0.717, 1.165) is 37.0 Å². The Morgan fingerprint density at radius 3 is 2.67 bits per heavy atom. The third kappa shape index (κ3) is 3.12. The fraction of sp³-hybridized carbons (Fsp3) is 0.364. The smallest absolute Gasteiger partial charge is 0.237 e. The second-order valence-corrected chi connectivity index (χ2v) is 7.76. The Labute approximate surface area is 159 Å². The van der Waals surface area contributed by atoms with Gasteiger partial charge in [0.25, 0.3) is 0 Å². The Morgan fingerprint density at radius 2 is 1.85 bits per heavy atom. The van der Waals surface area contributed by atoms with E-state index in [4.69, 9.17) is 5.10 Å². The molecule has 1 amide bonds. The lowest BCUT2D eigenvalue weighted by Gasteiger charge is -2.35. The molecule has 5 heteroatoms. The van der Waals surface area contributed by atoms with E-state index < -0.39 is 0 Å². The Kier molecular flexibility index (Phi) is 3.97. The van der Waals surface area contributed by atoms with Crippen LogP contribution in [-0.4, -0.2) is 32.7 Å². The third-order valence-electron chi connectivity index (χ3n) is 5.76. The summed E-state index contributed by atoms with van der Waals surface area (Å²) in [6.07, 6.45) is 2.99. The predicted molar refractivity (Wildman–Crippen MR) is 105 cm³/mol. The fourth-order valence-electron chi connectivity index (χ4n) is 4.12. The summed E-state index contributed by atoms with van der Waals surface area (Å²) in [5.74, 6) is 0.159. The van der Waals surface area contributed by atoms with Crippen LogP contribution in [0.3, 0.4) is 0 Å². The van der Waals surface area contributed by atoms with Crippen molar-refractivity contribution in [2.45, 2.75) is 44.4 Å². The SMILES string of the molecule is Cn1nc(CN2Cc3ccccc3C[C@H]2C(=O)NC2CC2)c2ccccc21. The van der Waals surface area contributed by atoms with Crippen LogP contribution in [0.1, 0.15) is 29.7 Å². The van der Waals surface area contributed by atoms with E-state index in [0.29, 0.717) is 12.6 Å². The largest absolute Gasteiger partial charge is 0.352 e. The molecule has 5 nitrogen and oxygen atoms in total. The highest BCUT2D eigenvalue weighted by Crippen LogP contribution is 2.28. The molecule has 1 aliphatic heterocycles. The number of aromatic nitrogens is 2.